The number of carbonyl (C=O) groups excluding carboxylic acids is 1. The third kappa shape index (κ3) is 4.32. The minimum Gasteiger partial charge on any atom is -0.352 e. The molecule has 2 aliphatic heterocycles. The smallest absolute Gasteiger partial charge is 0.237 e. The van der Waals surface area contributed by atoms with E-state index in [-0.39, 0.29) is 29.5 Å². The molecule has 0 unspecified atom stereocenters. The molecule has 1 aromatic carbocycles. The normalized spacial score (nSPS) is 25.3. The minimum absolute atomic E-state index is 0.00482. The van der Waals surface area contributed by atoms with Crippen LogP contribution in [0.3, 0.4) is 0 Å². The second kappa shape index (κ2) is 7.01. The molecule has 0 radical (unpaired) electrons. The molecule has 2 fully saturated rings. The summed E-state index contributed by atoms with van der Waals surface area (Å²) in [5.41, 5.74) is 1.22. The molecule has 1 amide bonds. The van der Waals surface area contributed by atoms with Crippen LogP contribution < -0.4 is 5.32 Å². The van der Waals surface area contributed by atoms with E-state index >= 15 is 0 Å². The molecule has 6 heteroatoms. The van der Waals surface area contributed by atoms with E-state index in [4.69, 9.17) is 0 Å². The third-order valence-corrected chi connectivity index (χ3v) is 6.51. The molecule has 0 bridgehead atoms. The number of hydrogen-bond donors (Lipinski definition) is 1. The molecule has 1 aromatic rings. The summed E-state index contributed by atoms with van der Waals surface area (Å²) in [5.74, 6) is 0.440. The molecule has 2 saturated heterocycles. The summed E-state index contributed by atoms with van der Waals surface area (Å²) >= 11 is 0. The summed E-state index contributed by atoms with van der Waals surface area (Å²) in [5, 5.41) is 3.07. The summed E-state index contributed by atoms with van der Waals surface area (Å²) in [6.07, 6.45) is 2.99. The van der Waals surface area contributed by atoms with Gasteiger partial charge in [-0.3, -0.25) is 9.69 Å². The number of rotatable bonds is 4. The Morgan fingerprint density at radius 3 is 2.52 bits per heavy atom. The molecule has 126 valence electrons. The standard InChI is InChI=1S/C17H24N2O3S/c20-17(18-15-8-11-23(21,22)12-9-15)16-7-4-10-19(16)13-14-5-2-1-3-6-14/h1-3,5-6,15-16H,4,7-13H2,(H,18,20)/t16-/m1/s1. The van der Waals surface area contributed by atoms with Gasteiger partial charge in [-0.25, -0.2) is 8.42 Å². The van der Waals surface area contributed by atoms with Gasteiger partial charge in [-0.15, -0.1) is 0 Å². The topological polar surface area (TPSA) is 66.5 Å². The Hall–Kier alpha value is -1.40. The average Bonchev–Trinajstić information content (AvgIpc) is 2.99. The maximum atomic E-state index is 12.6. The van der Waals surface area contributed by atoms with Gasteiger partial charge in [0, 0.05) is 12.6 Å². The fraction of sp³-hybridized carbons (Fsp3) is 0.588. The number of nitrogens with zero attached hydrogens (tertiary/aromatic N) is 1. The van der Waals surface area contributed by atoms with Crippen molar-refractivity contribution in [2.45, 2.75) is 44.3 Å². The molecule has 2 heterocycles. The van der Waals surface area contributed by atoms with Crippen molar-refractivity contribution in [2.75, 3.05) is 18.1 Å². The van der Waals surface area contributed by atoms with Gasteiger partial charge in [0.15, 0.2) is 0 Å². The van der Waals surface area contributed by atoms with Crippen molar-refractivity contribution in [3.05, 3.63) is 35.9 Å². The van der Waals surface area contributed by atoms with E-state index in [9.17, 15) is 13.2 Å². The molecule has 0 aromatic heterocycles. The van der Waals surface area contributed by atoms with Crippen LogP contribution in [0.4, 0.5) is 0 Å². The highest BCUT2D eigenvalue weighted by atomic mass is 32.2. The van der Waals surface area contributed by atoms with E-state index in [1.165, 1.54) is 5.56 Å². The monoisotopic (exact) mass is 336 g/mol. The predicted molar refractivity (Wildman–Crippen MR) is 89.7 cm³/mol. The van der Waals surface area contributed by atoms with E-state index in [2.05, 4.69) is 22.3 Å². The first kappa shape index (κ1) is 16.5. The number of sulfone groups is 1. The summed E-state index contributed by atoms with van der Waals surface area (Å²) in [6.45, 7) is 1.73. The van der Waals surface area contributed by atoms with Crippen molar-refractivity contribution < 1.29 is 13.2 Å². The highest BCUT2D eigenvalue weighted by molar-refractivity contribution is 7.91. The molecule has 0 aliphatic carbocycles. The summed E-state index contributed by atoms with van der Waals surface area (Å²) in [4.78, 5) is 14.8. The summed E-state index contributed by atoms with van der Waals surface area (Å²) in [7, 11) is -2.88. The lowest BCUT2D eigenvalue weighted by atomic mass is 10.1. The lowest BCUT2D eigenvalue weighted by Crippen LogP contribution is -2.48. The van der Waals surface area contributed by atoms with E-state index in [1.807, 2.05) is 18.2 Å². The Balaban J connectivity index is 1.56. The molecule has 23 heavy (non-hydrogen) atoms. The van der Waals surface area contributed by atoms with Gasteiger partial charge in [-0.1, -0.05) is 30.3 Å². The van der Waals surface area contributed by atoms with Gasteiger partial charge in [0.05, 0.1) is 17.5 Å². The second-order valence-corrected chi connectivity index (χ2v) is 8.85. The Bertz CT molecular complexity index is 631. The zero-order valence-electron chi connectivity index (χ0n) is 13.3. The molecule has 0 spiro atoms. The quantitative estimate of drug-likeness (QED) is 0.901. The number of likely N-dealkylation sites (tertiary alicyclic amines) is 1. The molecule has 0 saturated carbocycles. The fourth-order valence-corrected chi connectivity index (χ4v) is 4.95. The molecule has 1 N–H and O–H groups in total. The number of amides is 1. The third-order valence-electron chi connectivity index (χ3n) is 4.80. The molecule has 1 atom stereocenters. The van der Waals surface area contributed by atoms with Gasteiger partial charge in [-0.05, 0) is 37.8 Å². The van der Waals surface area contributed by atoms with Crippen molar-refractivity contribution in [1.29, 1.82) is 0 Å². The van der Waals surface area contributed by atoms with Gasteiger partial charge in [0.1, 0.15) is 9.84 Å². The van der Waals surface area contributed by atoms with Crippen LogP contribution in [-0.2, 0) is 21.2 Å². The van der Waals surface area contributed by atoms with E-state index in [1.54, 1.807) is 0 Å². The van der Waals surface area contributed by atoms with Crippen LogP contribution in [-0.4, -0.2) is 49.4 Å². The van der Waals surface area contributed by atoms with E-state index in [0.717, 1.165) is 25.9 Å². The lowest BCUT2D eigenvalue weighted by molar-refractivity contribution is -0.126. The first-order valence-electron chi connectivity index (χ1n) is 8.32. The van der Waals surface area contributed by atoms with Crippen LogP contribution in [0.15, 0.2) is 30.3 Å². The van der Waals surface area contributed by atoms with Gasteiger partial charge in [0.2, 0.25) is 5.91 Å². The van der Waals surface area contributed by atoms with Crippen LogP contribution in [0.5, 0.6) is 0 Å². The summed E-state index contributed by atoms with van der Waals surface area (Å²) < 4.78 is 22.9. The van der Waals surface area contributed by atoms with Crippen molar-refractivity contribution in [1.82, 2.24) is 10.2 Å². The van der Waals surface area contributed by atoms with Crippen LogP contribution in [0.25, 0.3) is 0 Å². The Morgan fingerprint density at radius 2 is 1.83 bits per heavy atom. The Kier molecular flexibility index (Phi) is 5.02. The zero-order chi connectivity index (χ0) is 16.3. The minimum atomic E-state index is -2.88. The molecule has 3 rings (SSSR count). The SMILES string of the molecule is O=C(NC1CCS(=O)(=O)CC1)[C@H]1CCCN1Cc1ccccc1. The van der Waals surface area contributed by atoms with Crippen LogP contribution in [0, 0.1) is 0 Å². The first-order chi connectivity index (χ1) is 11.0. The second-order valence-electron chi connectivity index (χ2n) is 6.55. The number of nitrogens with one attached hydrogen (secondary N) is 1. The number of hydrogen-bond acceptors (Lipinski definition) is 4. The largest absolute Gasteiger partial charge is 0.352 e. The maximum Gasteiger partial charge on any atom is 0.237 e. The molecular formula is C17H24N2O3S. The van der Waals surface area contributed by atoms with Crippen LogP contribution in [0.2, 0.25) is 0 Å². The highest BCUT2D eigenvalue weighted by Crippen LogP contribution is 2.21. The van der Waals surface area contributed by atoms with Gasteiger partial charge < -0.3 is 5.32 Å². The molecular weight excluding hydrogens is 312 g/mol. The highest BCUT2D eigenvalue weighted by Gasteiger charge is 2.33. The van der Waals surface area contributed by atoms with Gasteiger partial charge >= 0.3 is 0 Å². The number of benzene rings is 1. The van der Waals surface area contributed by atoms with Crippen molar-refractivity contribution >= 4 is 15.7 Å². The number of carbonyl (C=O) groups is 1. The molecule has 2 aliphatic rings. The lowest BCUT2D eigenvalue weighted by Gasteiger charge is -2.28. The Labute approximate surface area is 138 Å². The van der Waals surface area contributed by atoms with Crippen LogP contribution in [0.1, 0.15) is 31.2 Å². The predicted octanol–water partition coefficient (Wildman–Crippen LogP) is 1.34. The summed E-state index contributed by atoms with van der Waals surface area (Å²) in [6, 6.07) is 10.1. The average molecular weight is 336 g/mol. The van der Waals surface area contributed by atoms with Crippen molar-refractivity contribution in [3.63, 3.8) is 0 Å². The van der Waals surface area contributed by atoms with Crippen molar-refractivity contribution in [3.8, 4) is 0 Å². The van der Waals surface area contributed by atoms with Crippen LogP contribution >= 0.6 is 0 Å². The van der Waals surface area contributed by atoms with E-state index < -0.39 is 9.84 Å². The Morgan fingerprint density at radius 1 is 1.13 bits per heavy atom. The van der Waals surface area contributed by atoms with Gasteiger partial charge in [-0.2, -0.15) is 0 Å². The first-order valence-corrected chi connectivity index (χ1v) is 10.1. The fourth-order valence-electron chi connectivity index (χ4n) is 3.46. The zero-order valence-corrected chi connectivity index (χ0v) is 14.1. The van der Waals surface area contributed by atoms with Gasteiger partial charge in [0.25, 0.3) is 0 Å². The molecule has 5 nitrogen and oxygen atoms in total. The van der Waals surface area contributed by atoms with E-state index in [0.29, 0.717) is 12.8 Å². The van der Waals surface area contributed by atoms with Crippen molar-refractivity contribution in [2.24, 2.45) is 0 Å². The maximum absolute atomic E-state index is 12.6.